The lowest BCUT2D eigenvalue weighted by atomic mass is 10.0. The number of amides is 2. The molecule has 0 aliphatic carbocycles. The first-order valence-corrected chi connectivity index (χ1v) is 38.1. The predicted molar refractivity (Wildman–Crippen MR) is 391 cm³/mol. The van der Waals surface area contributed by atoms with Gasteiger partial charge in [-0.2, -0.15) is 17.5 Å². The summed E-state index contributed by atoms with van der Waals surface area (Å²) in [4.78, 5) is 61.0. The number of phenols is 4. The average Bonchev–Trinajstić information content (AvgIpc) is 1.54. The van der Waals surface area contributed by atoms with E-state index in [0.29, 0.717) is 96.1 Å². The maximum absolute atomic E-state index is 13.2. The van der Waals surface area contributed by atoms with Crippen molar-refractivity contribution in [1.82, 2.24) is 57.4 Å². The third-order valence-electron chi connectivity index (χ3n) is 12.8. The fourth-order valence-electron chi connectivity index (χ4n) is 8.27. The van der Waals surface area contributed by atoms with E-state index in [-0.39, 0.29) is 62.2 Å². The van der Waals surface area contributed by atoms with Gasteiger partial charge in [0.05, 0.1) is 74.6 Å². The second-order valence-corrected chi connectivity index (χ2v) is 27.6. The van der Waals surface area contributed by atoms with E-state index >= 15 is 0 Å². The van der Waals surface area contributed by atoms with E-state index < -0.39 is 44.9 Å². The lowest BCUT2D eigenvalue weighted by molar-refractivity contribution is -0.114. The van der Waals surface area contributed by atoms with Gasteiger partial charge in [0.15, 0.2) is 104 Å². The van der Waals surface area contributed by atoms with Crippen molar-refractivity contribution in [2.75, 3.05) is 48.4 Å². The summed E-state index contributed by atoms with van der Waals surface area (Å²) in [6.45, 7) is 1.33. The Labute approximate surface area is 610 Å². The van der Waals surface area contributed by atoms with E-state index in [1.54, 1.807) is 24.8 Å². The molecule has 0 saturated carbocycles. The molecule has 0 bridgehead atoms. The van der Waals surface area contributed by atoms with Crippen molar-refractivity contribution in [2.45, 2.75) is 27.5 Å². The molecule has 0 aliphatic rings. The third-order valence-corrected chi connectivity index (χ3v) is 18.6. The van der Waals surface area contributed by atoms with Crippen molar-refractivity contribution in [1.29, 1.82) is 0 Å². The van der Waals surface area contributed by atoms with Crippen molar-refractivity contribution < 1.29 is 56.3 Å². The van der Waals surface area contributed by atoms with Crippen LogP contribution in [0.2, 0.25) is 0 Å². The number of ether oxygens (including phenoxy) is 1. The van der Waals surface area contributed by atoms with E-state index in [0.717, 1.165) is 77.0 Å². The van der Waals surface area contributed by atoms with Gasteiger partial charge in [-0.25, -0.2) is 66.5 Å². The number of benzene rings is 5. The molecule has 13 aromatic rings. The number of thioether (sulfide) groups is 4. The smallest absolute Gasteiger partial charge is 0.252 e. The molecule has 8 aromatic heterocycles. The number of phenolic OH excluding ortho intramolecular Hbond substituents is 3. The minimum absolute atomic E-state index is 0.0593. The lowest BCUT2D eigenvalue weighted by Crippen LogP contribution is -2.12. The number of nitrogens with two attached hydrogens (primary N) is 1. The molecule has 0 radical (unpaired) electrons. The van der Waals surface area contributed by atoms with Crippen LogP contribution >= 0.6 is 93.2 Å². The summed E-state index contributed by atoms with van der Waals surface area (Å²) in [5.41, 5.74) is 8.51. The fourth-order valence-corrected chi connectivity index (χ4v) is 12.7. The van der Waals surface area contributed by atoms with Crippen molar-refractivity contribution in [3.05, 3.63) is 115 Å². The van der Waals surface area contributed by atoms with Crippen molar-refractivity contribution >= 4 is 236 Å². The molecule has 0 aliphatic heterocycles. The zero-order chi connectivity index (χ0) is 73.6. The first-order chi connectivity index (χ1) is 49.4. The molecule has 0 saturated heterocycles. The number of hydrogen-bond donors (Lipinski definition) is 7. The second kappa shape index (κ2) is 33.8. The van der Waals surface area contributed by atoms with E-state index in [9.17, 15) is 41.4 Å². The molecule has 0 spiro atoms. The molecule has 2 amide bonds. The van der Waals surface area contributed by atoms with E-state index in [1.807, 2.05) is 25.0 Å². The first kappa shape index (κ1) is 74.9. The minimum Gasteiger partial charge on any atom is -0.506 e. The Kier molecular flexibility index (Phi) is 24.6. The topological polar surface area (TPSA) is 474 Å². The molecular weight excluding hydrogens is 1520 g/mol. The van der Waals surface area contributed by atoms with Gasteiger partial charge in [0.1, 0.15) is 11.4 Å². The molecule has 33 nitrogen and oxygen atoms in total. The summed E-state index contributed by atoms with van der Waals surface area (Å²) in [6.07, 6.45) is 16.1. The highest BCUT2D eigenvalue weighted by molar-refractivity contribution is 7.99. The third kappa shape index (κ3) is 18.7. The van der Waals surface area contributed by atoms with Gasteiger partial charge < -0.3 is 36.2 Å². The van der Waals surface area contributed by atoms with Crippen LogP contribution in [0.3, 0.4) is 0 Å². The number of carbonyl (C=O) groups is 2. The zero-order valence-corrected chi connectivity index (χ0v) is 60.7. The summed E-state index contributed by atoms with van der Waals surface area (Å²) in [6, 6.07) is 14.3. The number of methoxy groups -OCH3 is 1. The molecule has 0 fully saturated rings. The number of halogens is 3. The Morgan fingerprint density at radius 1 is 0.534 bits per heavy atom. The van der Waals surface area contributed by atoms with Gasteiger partial charge in [0.25, 0.3) is 5.91 Å². The number of aromatic nitrogens is 12. The quantitative estimate of drug-likeness (QED) is 0.0105. The van der Waals surface area contributed by atoms with Gasteiger partial charge in [0, 0.05) is 60.7 Å². The normalized spacial score (nSPS) is 11.7. The number of fused-ring (bicyclic) bond motifs is 5. The monoisotopic (exact) mass is 1570 g/mol. The number of primary amides is 1. The second-order valence-electron chi connectivity index (χ2n) is 19.8. The van der Waals surface area contributed by atoms with Crippen LogP contribution in [0.5, 0.6) is 23.0 Å². The van der Waals surface area contributed by atoms with Gasteiger partial charge >= 0.3 is 0 Å². The van der Waals surface area contributed by atoms with Crippen LogP contribution in [-0.4, -0.2) is 143 Å². The molecule has 526 valence electrons. The van der Waals surface area contributed by atoms with E-state index in [4.69, 9.17) is 20.7 Å². The number of sulfonamides is 1. The number of aromatic hydroxyl groups is 4. The largest absolute Gasteiger partial charge is 0.506 e. The van der Waals surface area contributed by atoms with Crippen LogP contribution in [0, 0.1) is 17.5 Å². The Hall–Kier alpha value is -10.8. The van der Waals surface area contributed by atoms with Crippen LogP contribution in [0.15, 0.2) is 158 Å². The van der Waals surface area contributed by atoms with Gasteiger partial charge in [-0.1, -0.05) is 59.2 Å². The molecule has 103 heavy (non-hydrogen) atoms. The average molecular weight is 1570 g/mol. The number of hydrogen-bond acceptors (Lipinski definition) is 38. The van der Waals surface area contributed by atoms with Crippen molar-refractivity contribution in [2.24, 2.45) is 51.6 Å². The van der Waals surface area contributed by atoms with Gasteiger partial charge in [-0.05, 0) is 108 Å². The maximum Gasteiger partial charge on any atom is 0.252 e. The van der Waals surface area contributed by atoms with Crippen molar-refractivity contribution in [3.8, 4) is 23.0 Å². The molecule has 0 unspecified atom stereocenters. The summed E-state index contributed by atoms with van der Waals surface area (Å²) in [5, 5.41) is 81.3. The van der Waals surface area contributed by atoms with Crippen molar-refractivity contribution in [3.63, 3.8) is 0 Å². The zero-order valence-electron chi connectivity index (χ0n) is 53.3. The van der Waals surface area contributed by atoms with Crippen LogP contribution < -0.4 is 15.8 Å². The Morgan fingerprint density at radius 3 is 1.39 bits per heavy atom. The van der Waals surface area contributed by atoms with Crippen LogP contribution in [0.1, 0.15) is 17.3 Å². The fraction of sp³-hybridized carbons (Fsp3) is 0.121. The van der Waals surface area contributed by atoms with Crippen LogP contribution in [0.4, 0.5) is 73.0 Å². The SMILES string of the molecule is COC=Nc1cc(N=Nc2snc3nc(SC)ncc23)cc(NC(C)=O)c1O.CSc1ncc2c(N=Nc3cc(C(N)=O)c(O)c4cccc(NS(C)(=O)=O)c34)snc2n1.CSc1ncc2c(N=Nc3cc(F)c(O)c(F)c3)snc2n1.CSc1ncc2c(N=Nc3ccc(O)c(F)c3)snc2n1. The Bertz CT molecular complexity index is 5650. The summed E-state index contributed by atoms with van der Waals surface area (Å²) in [7, 11) is -2.21. The predicted octanol–water partition coefficient (Wildman–Crippen LogP) is 16.0. The number of azo groups is 4. The number of anilines is 2. The lowest BCUT2D eigenvalue weighted by Gasteiger charge is -2.13. The molecule has 13 rings (SSSR count). The molecule has 0 atom stereocenters. The number of carbonyl (C=O) groups excluding carboxylic acids is 2. The first-order valence-electron chi connectivity index (χ1n) is 28.2. The van der Waals surface area contributed by atoms with E-state index in [2.05, 4.69) is 113 Å². The molecule has 5 aromatic carbocycles. The number of nitrogens with one attached hydrogen (secondary N) is 2. The highest BCUT2D eigenvalue weighted by Gasteiger charge is 2.21. The Balaban J connectivity index is 0.000000150. The highest BCUT2D eigenvalue weighted by Crippen LogP contribution is 2.44. The summed E-state index contributed by atoms with van der Waals surface area (Å²) >= 11 is 10.0. The highest BCUT2D eigenvalue weighted by atomic mass is 32.2. The molecular formula is C58H45F3N24O9S9. The molecule has 8 N–H and O–H groups in total. The number of nitrogens with zero attached hydrogens (tertiary/aromatic N) is 21. The summed E-state index contributed by atoms with van der Waals surface area (Å²) < 4.78 is 87.3. The number of aliphatic imine (C=N–C) groups is 1. The van der Waals surface area contributed by atoms with E-state index in [1.165, 1.54) is 110 Å². The van der Waals surface area contributed by atoms with Crippen LogP contribution in [-0.2, 0) is 19.6 Å². The minimum atomic E-state index is -3.64. The van der Waals surface area contributed by atoms with Crippen LogP contribution in [0.25, 0.3) is 54.9 Å². The van der Waals surface area contributed by atoms with Gasteiger partial charge in [-0.3, -0.25) is 14.3 Å². The van der Waals surface area contributed by atoms with Gasteiger partial charge in [0.2, 0.25) is 15.9 Å². The number of rotatable bonds is 18. The van der Waals surface area contributed by atoms with Gasteiger partial charge in [-0.15, -0.1) is 40.9 Å². The molecule has 8 heterocycles. The Morgan fingerprint density at radius 2 is 0.971 bits per heavy atom. The maximum atomic E-state index is 13.2. The molecule has 45 heteroatoms. The summed E-state index contributed by atoms with van der Waals surface area (Å²) in [5.74, 6) is -6.21. The standard InChI is InChI=1S/C18H15N7O4S3.C16H15N7O3S2.C12H7F2N5OS2.C12H8FN5OS2/c1-30-18-20-7-10-16(21-18)24-31-17(10)23-22-12-6-9(15(19)27)14(26)8-4-3-5-11(13(8)12)25-32(2,28)29;1-8(24)19-12-5-9(4-11(13(12)25)18-7-26-2)21-22-15-10-6-17-16(27-3)20-14(10)23-28-15;1-21-12-15-4-6-10(16-12)19-22-11(6)18-17-5-2-7(13)9(20)8(14)3-5;1-20-12-14-5-7-10(15-12)18-21-11(7)17-16-6-2-3-9(19)8(13)4-6/h3-7,25-26H,1-2H3,(H2,19,27);4-7,25H,1-3H3,(H,19,24);2-4,20H,1H3;2-5,19H,1H3.